The molecule has 0 saturated carbocycles. The largest absolute Gasteiger partial charge is 0.425 e. The lowest BCUT2D eigenvalue weighted by Crippen LogP contribution is -2.13. The number of allylic oxidation sites excluding steroid dienone is 2. The molecule has 2 aromatic heterocycles. The molecule has 180 valence electrons. The van der Waals surface area contributed by atoms with Crippen molar-refractivity contribution in [3.63, 3.8) is 0 Å². The molecule has 1 unspecified atom stereocenters. The number of aryl methyl sites for hydroxylation is 1. The van der Waals surface area contributed by atoms with Gasteiger partial charge in [0.1, 0.15) is 6.54 Å². The van der Waals surface area contributed by atoms with Gasteiger partial charge in [-0.1, -0.05) is 54.1 Å². The minimum atomic E-state index is 0.117. The molecular formula is C29H27N5O2. The van der Waals surface area contributed by atoms with Crippen molar-refractivity contribution in [2.24, 2.45) is 0 Å². The Balaban J connectivity index is 1.33. The normalized spacial score (nSPS) is 15.7. The van der Waals surface area contributed by atoms with E-state index in [4.69, 9.17) is 9.52 Å². The Kier molecular flexibility index (Phi) is 6.85. The van der Waals surface area contributed by atoms with E-state index in [1.165, 1.54) is 0 Å². The van der Waals surface area contributed by atoms with Gasteiger partial charge in [-0.2, -0.15) is 10.4 Å². The van der Waals surface area contributed by atoms with Crippen molar-refractivity contribution in [2.75, 3.05) is 0 Å². The van der Waals surface area contributed by atoms with Crippen LogP contribution in [-0.4, -0.2) is 25.8 Å². The van der Waals surface area contributed by atoms with Crippen LogP contribution in [0.3, 0.4) is 0 Å². The van der Waals surface area contributed by atoms with E-state index in [1.807, 2.05) is 54.6 Å². The molecule has 5 rings (SSSR count). The molecule has 7 nitrogen and oxygen atoms in total. The number of hydrogen-bond acceptors (Lipinski definition) is 6. The highest BCUT2D eigenvalue weighted by Gasteiger charge is 2.22. The molecule has 36 heavy (non-hydrogen) atoms. The minimum absolute atomic E-state index is 0.117. The molecule has 0 aliphatic heterocycles. The molecule has 7 heteroatoms. The minimum Gasteiger partial charge on any atom is -0.425 e. The average molecular weight is 478 g/mol. The van der Waals surface area contributed by atoms with E-state index < -0.39 is 0 Å². The second-order valence-electron chi connectivity index (χ2n) is 9.18. The van der Waals surface area contributed by atoms with Crippen LogP contribution in [0.4, 0.5) is 0 Å². The van der Waals surface area contributed by atoms with Crippen molar-refractivity contribution < 1.29 is 9.21 Å². The van der Waals surface area contributed by atoms with Crippen LogP contribution >= 0.6 is 0 Å². The van der Waals surface area contributed by atoms with Gasteiger partial charge in [0.15, 0.2) is 5.78 Å². The Labute approximate surface area is 210 Å². The number of ketones is 1. The summed E-state index contributed by atoms with van der Waals surface area (Å²) in [5.41, 5.74) is 5.20. The zero-order valence-corrected chi connectivity index (χ0v) is 20.2. The topological polar surface area (TPSA) is 97.6 Å². The van der Waals surface area contributed by atoms with E-state index in [0.717, 1.165) is 53.8 Å². The van der Waals surface area contributed by atoms with Crippen LogP contribution in [0.25, 0.3) is 22.5 Å². The van der Waals surface area contributed by atoms with Gasteiger partial charge in [-0.15, -0.1) is 10.2 Å². The van der Waals surface area contributed by atoms with Crippen LogP contribution in [0.15, 0.2) is 76.7 Å². The first kappa shape index (κ1) is 23.4. The van der Waals surface area contributed by atoms with Gasteiger partial charge in [0, 0.05) is 24.8 Å². The lowest BCUT2D eigenvalue weighted by Gasteiger charge is -2.10. The van der Waals surface area contributed by atoms with E-state index in [9.17, 15) is 10.1 Å². The molecule has 0 saturated heterocycles. The third kappa shape index (κ3) is 5.33. The summed E-state index contributed by atoms with van der Waals surface area (Å²) in [7, 11) is 0. The second kappa shape index (κ2) is 10.5. The Bertz CT molecular complexity index is 1440. The predicted octanol–water partition coefficient (Wildman–Crippen LogP) is 6.02. The predicted molar refractivity (Wildman–Crippen MR) is 136 cm³/mol. The number of Topliss-reactive ketones (excluding diaryl/α,β-unsaturated/α-hetero) is 1. The lowest BCUT2D eigenvalue weighted by molar-refractivity contribution is -0.119. The zero-order valence-electron chi connectivity index (χ0n) is 20.2. The maximum atomic E-state index is 13.2. The first-order valence-electron chi connectivity index (χ1n) is 12.2. The molecular weight excluding hydrogens is 450 g/mol. The van der Waals surface area contributed by atoms with Crippen LogP contribution < -0.4 is 0 Å². The number of nitriles is 1. The van der Waals surface area contributed by atoms with Crippen molar-refractivity contribution in [1.82, 2.24) is 20.0 Å². The third-order valence-corrected chi connectivity index (χ3v) is 6.54. The smallest absolute Gasteiger partial charge is 0.219 e. The van der Waals surface area contributed by atoms with Gasteiger partial charge < -0.3 is 4.42 Å². The highest BCUT2D eigenvalue weighted by atomic mass is 16.4. The zero-order chi connectivity index (χ0) is 24.9. The van der Waals surface area contributed by atoms with E-state index in [0.29, 0.717) is 23.8 Å². The average Bonchev–Trinajstić information content (AvgIpc) is 3.45. The first-order valence-corrected chi connectivity index (χ1v) is 12.2. The van der Waals surface area contributed by atoms with Gasteiger partial charge in [0.25, 0.3) is 0 Å². The van der Waals surface area contributed by atoms with Crippen LogP contribution in [0.2, 0.25) is 0 Å². The fourth-order valence-corrected chi connectivity index (χ4v) is 4.72. The SMILES string of the molecule is Cc1nnc(C2CCC=C(CC(=O)Cn3nc(-c4cccc(C#N)c4)cc3-c3ccccc3)CC2)o1. The lowest BCUT2D eigenvalue weighted by atomic mass is 9.98. The van der Waals surface area contributed by atoms with E-state index in [1.54, 1.807) is 17.7 Å². The number of nitrogens with zero attached hydrogens (tertiary/aromatic N) is 5. The van der Waals surface area contributed by atoms with Gasteiger partial charge in [-0.05, 0) is 49.4 Å². The van der Waals surface area contributed by atoms with Gasteiger partial charge in [-0.25, -0.2) is 0 Å². The number of aromatic nitrogens is 4. The standard InChI is InChI=1S/C29H27N5O2/c1-20-31-32-29(36-20)24-11-5-7-21(13-14-24)16-26(35)19-34-28(23-9-3-2-4-10-23)17-27(33-34)25-12-6-8-22(15-25)18-30/h2-4,6-10,12,15,17,24H,5,11,13-14,16,19H2,1H3. The van der Waals surface area contributed by atoms with Crippen LogP contribution in [-0.2, 0) is 11.3 Å². The number of carbonyl (C=O) groups is 1. The fourth-order valence-electron chi connectivity index (χ4n) is 4.72. The van der Waals surface area contributed by atoms with E-state index in [2.05, 4.69) is 22.3 Å². The molecule has 0 spiro atoms. The van der Waals surface area contributed by atoms with Gasteiger partial charge >= 0.3 is 0 Å². The third-order valence-electron chi connectivity index (χ3n) is 6.54. The summed E-state index contributed by atoms with van der Waals surface area (Å²) in [6.07, 6.45) is 6.18. The van der Waals surface area contributed by atoms with Crippen molar-refractivity contribution in [3.8, 4) is 28.6 Å². The van der Waals surface area contributed by atoms with Crippen LogP contribution in [0, 0.1) is 18.3 Å². The molecule has 2 aromatic carbocycles. The summed E-state index contributed by atoms with van der Waals surface area (Å²) in [5.74, 6) is 1.64. The number of rotatable bonds is 7. The molecule has 0 N–H and O–H groups in total. The Hall–Kier alpha value is -4.31. The van der Waals surface area contributed by atoms with Gasteiger partial charge in [0.05, 0.1) is 23.0 Å². The van der Waals surface area contributed by atoms with Crippen molar-refractivity contribution in [3.05, 3.63) is 89.7 Å². The summed E-state index contributed by atoms with van der Waals surface area (Å²) in [4.78, 5) is 13.2. The molecule has 0 fully saturated rings. The van der Waals surface area contributed by atoms with E-state index in [-0.39, 0.29) is 18.2 Å². The quantitative estimate of drug-likeness (QED) is 0.302. The van der Waals surface area contributed by atoms with E-state index >= 15 is 0 Å². The highest BCUT2D eigenvalue weighted by Crippen LogP contribution is 2.32. The van der Waals surface area contributed by atoms with Crippen molar-refractivity contribution in [1.29, 1.82) is 5.26 Å². The van der Waals surface area contributed by atoms with Gasteiger partial charge in [-0.3, -0.25) is 9.48 Å². The molecule has 0 amide bonds. The maximum absolute atomic E-state index is 13.2. The molecule has 1 aliphatic carbocycles. The van der Waals surface area contributed by atoms with Crippen molar-refractivity contribution >= 4 is 5.78 Å². The fraction of sp³-hybridized carbons (Fsp3) is 0.276. The second-order valence-corrected chi connectivity index (χ2v) is 9.18. The van der Waals surface area contributed by atoms with Crippen molar-refractivity contribution in [2.45, 2.75) is 51.5 Å². The Morgan fingerprint density at radius 2 is 1.92 bits per heavy atom. The molecule has 4 aromatic rings. The summed E-state index contributed by atoms with van der Waals surface area (Å²) in [5, 5.41) is 22.2. The molecule has 1 atom stereocenters. The van der Waals surface area contributed by atoms with Crippen LogP contribution in [0.1, 0.15) is 55.4 Å². The Morgan fingerprint density at radius 1 is 1.08 bits per heavy atom. The highest BCUT2D eigenvalue weighted by molar-refractivity contribution is 5.81. The first-order chi connectivity index (χ1) is 17.6. The monoisotopic (exact) mass is 477 g/mol. The molecule has 2 heterocycles. The molecule has 0 bridgehead atoms. The Morgan fingerprint density at radius 3 is 2.69 bits per heavy atom. The summed E-state index contributed by atoms with van der Waals surface area (Å²) in [6, 6.07) is 21.5. The summed E-state index contributed by atoms with van der Waals surface area (Å²) in [6.45, 7) is 1.99. The summed E-state index contributed by atoms with van der Waals surface area (Å²) >= 11 is 0. The van der Waals surface area contributed by atoms with Crippen LogP contribution in [0.5, 0.6) is 0 Å². The number of benzene rings is 2. The summed E-state index contributed by atoms with van der Waals surface area (Å²) < 4.78 is 7.43. The number of hydrogen-bond donors (Lipinski definition) is 0. The maximum Gasteiger partial charge on any atom is 0.219 e. The van der Waals surface area contributed by atoms with Gasteiger partial charge in [0.2, 0.25) is 11.8 Å². The number of carbonyl (C=O) groups excluding carboxylic acids is 1. The molecule has 1 aliphatic rings. The molecule has 0 radical (unpaired) electrons.